The van der Waals surface area contributed by atoms with Gasteiger partial charge in [-0.3, -0.25) is 14.9 Å². The minimum Gasteiger partial charge on any atom is -0.462 e. The Morgan fingerprint density at radius 2 is 1.45 bits per heavy atom. The average molecular weight is 400 g/mol. The number of non-ortho nitro benzene ring substituents is 1. The summed E-state index contributed by atoms with van der Waals surface area (Å²) in [5.41, 5.74) is 0.923. The molecule has 0 atom stereocenters. The number of nitro benzene ring substituents is 1. The molecule has 2 aromatic rings. The number of hydrogen-bond donors (Lipinski definition) is 1. The number of ether oxygens (including phenoxy) is 2. The van der Waals surface area contributed by atoms with Crippen molar-refractivity contribution in [1.82, 2.24) is 0 Å². The number of benzene rings is 2. The highest BCUT2D eigenvalue weighted by Gasteiger charge is 2.16. The number of nitro groups is 1. The normalized spacial score (nSPS) is 10.1. The summed E-state index contributed by atoms with van der Waals surface area (Å²) >= 11 is 0. The number of carbonyl (C=O) groups excluding carboxylic acids is 3. The van der Waals surface area contributed by atoms with E-state index in [1.54, 1.807) is 13.8 Å². The fraction of sp³-hybridized carbons (Fsp3) is 0.250. The van der Waals surface area contributed by atoms with Crippen LogP contribution in [0.4, 0.5) is 11.4 Å². The quantitative estimate of drug-likeness (QED) is 0.410. The Hall–Kier alpha value is -3.75. The van der Waals surface area contributed by atoms with E-state index in [1.807, 2.05) is 0 Å². The second kappa shape index (κ2) is 9.98. The van der Waals surface area contributed by atoms with Crippen molar-refractivity contribution in [3.63, 3.8) is 0 Å². The molecule has 0 aliphatic heterocycles. The lowest BCUT2D eigenvalue weighted by Crippen LogP contribution is -2.16. The molecule has 0 bridgehead atoms. The number of nitrogens with zero attached hydrogens (tertiary/aromatic N) is 1. The van der Waals surface area contributed by atoms with Crippen LogP contribution in [0.25, 0.3) is 0 Å². The number of anilines is 1. The molecule has 0 unspecified atom stereocenters. The summed E-state index contributed by atoms with van der Waals surface area (Å²) in [5, 5.41) is 13.3. The molecule has 29 heavy (non-hydrogen) atoms. The number of nitrogens with one attached hydrogen (secondary N) is 1. The second-order valence-electron chi connectivity index (χ2n) is 5.89. The van der Waals surface area contributed by atoms with Crippen molar-refractivity contribution < 1.29 is 28.8 Å². The molecule has 0 saturated heterocycles. The molecule has 0 aliphatic carbocycles. The third kappa shape index (κ3) is 6.13. The van der Waals surface area contributed by atoms with E-state index < -0.39 is 22.8 Å². The summed E-state index contributed by atoms with van der Waals surface area (Å²) in [7, 11) is 0. The smallest absolute Gasteiger partial charge is 0.338 e. The van der Waals surface area contributed by atoms with Crippen LogP contribution in [0, 0.1) is 10.1 Å². The zero-order chi connectivity index (χ0) is 21.4. The van der Waals surface area contributed by atoms with Gasteiger partial charge in [0.05, 0.1) is 35.7 Å². The first-order valence-electron chi connectivity index (χ1n) is 8.86. The van der Waals surface area contributed by atoms with E-state index >= 15 is 0 Å². The van der Waals surface area contributed by atoms with E-state index in [0.717, 1.165) is 0 Å². The maximum absolute atomic E-state index is 12.3. The molecule has 1 amide bonds. The van der Waals surface area contributed by atoms with Crippen LogP contribution in [0.15, 0.2) is 42.5 Å². The van der Waals surface area contributed by atoms with Crippen LogP contribution < -0.4 is 5.32 Å². The monoisotopic (exact) mass is 400 g/mol. The molecule has 0 heterocycles. The van der Waals surface area contributed by atoms with Gasteiger partial charge in [0.1, 0.15) is 0 Å². The van der Waals surface area contributed by atoms with Crippen molar-refractivity contribution in [1.29, 1.82) is 0 Å². The molecule has 9 heteroatoms. The first-order valence-corrected chi connectivity index (χ1v) is 8.86. The fourth-order valence-electron chi connectivity index (χ4n) is 2.49. The van der Waals surface area contributed by atoms with Crippen LogP contribution in [0.1, 0.15) is 40.1 Å². The lowest BCUT2D eigenvalue weighted by Gasteiger charge is -2.10. The molecule has 1 N–H and O–H groups in total. The topological polar surface area (TPSA) is 125 Å². The van der Waals surface area contributed by atoms with E-state index in [1.165, 1.54) is 42.5 Å². The van der Waals surface area contributed by atoms with Gasteiger partial charge in [-0.1, -0.05) is 12.1 Å². The summed E-state index contributed by atoms with van der Waals surface area (Å²) in [6.45, 7) is 3.62. The molecule has 152 valence electrons. The first kappa shape index (κ1) is 21.5. The third-order valence-corrected chi connectivity index (χ3v) is 3.75. The van der Waals surface area contributed by atoms with Gasteiger partial charge in [0.15, 0.2) is 0 Å². The maximum Gasteiger partial charge on any atom is 0.338 e. The number of rotatable bonds is 8. The minimum atomic E-state index is -0.635. The number of hydrogen-bond acceptors (Lipinski definition) is 7. The highest BCUT2D eigenvalue weighted by molar-refractivity contribution is 5.99. The largest absolute Gasteiger partial charge is 0.462 e. The Balaban J connectivity index is 2.20. The summed E-state index contributed by atoms with van der Waals surface area (Å²) in [6.07, 6.45) is -0.0453. The van der Waals surface area contributed by atoms with Gasteiger partial charge in [-0.05, 0) is 37.6 Å². The van der Waals surface area contributed by atoms with Crippen molar-refractivity contribution in [3.05, 3.63) is 69.3 Å². The zero-order valence-electron chi connectivity index (χ0n) is 16.0. The SMILES string of the molecule is CCOC(=O)c1cc(NC(=O)Cc2ccc([N+](=O)[O-])cc2)cc(C(=O)OCC)c1. The van der Waals surface area contributed by atoms with Crippen LogP contribution in [-0.4, -0.2) is 36.0 Å². The Kier molecular flexibility index (Phi) is 7.41. The maximum atomic E-state index is 12.3. The average Bonchev–Trinajstić information content (AvgIpc) is 2.68. The summed E-state index contributed by atoms with van der Waals surface area (Å²) in [5.74, 6) is -1.69. The van der Waals surface area contributed by atoms with Crippen LogP contribution in [0.2, 0.25) is 0 Å². The molecule has 0 fully saturated rings. The van der Waals surface area contributed by atoms with Crippen molar-refractivity contribution in [2.24, 2.45) is 0 Å². The first-order chi connectivity index (χ1) is 13.8. The summed E-state index contributed by atoms with van der Waals surface area (Å²) in [4.78, 5) is 46.6. The lowest BCUT2D eigenvalue weighted by atomic mass is 10.1. The van der Waals surface area contributed by atoms with Crippen LogP contribution in [-0.2, 0) is 20.7 Å². The standard InChI is InChI=1S/C20H20N2O7/c1-3-28-19(24)14-10-15(20(25)29-4-2)12-16(11-14)21-18(23)9-13-5-7-17(8-6-13)22(26)27/h5-8,10-12H,3-4,9H2,1-2H3,(H,21,23). The highest BCUT2D eigenvalue weighted by atomic mass is 16.6. The van der Waals surface area contributed by atoms with E-state index in [4.69, 9.17) is 9.47 Å². The van der Waals surface area contributed by atoms with Gasteiger partial charge >= 0.3 is 11.9 Å². The van der Waals surface area contributed by atoms with Gasteiger partial charge in [0.2, 0.25) is 5.91 Å². The Bertz CT molecular complexity index is 887. The van der Waals surface area contributed by atoms with Crippen LogP contribution >= 0.6 is 0 Å². The summed E-state index contributed by atoms with van der Waals surface area (Å²) in [6, 6.07) is 9.71. The molecule has 9 nitrogen and oxygen atoms in total. The van der Waals surface area contributed by atoms with Gasteiger partial charge in [-0.15, -0.1) is 0 Å². The number of amides is 1. The zero-order valence-corrected chi connectivity index (χ0v) is 16.0. The van der Waals surface area contributed by atoms with Crippen LogP contribution in [0.3, 0.4) is 0 Å². The molecule has 0 aliphatic rings. The third-order valence-electron chi connectivity index (χ3n) is 3.75. The molecule has 2 aromatic carbocycles. The second-order valence-corrected chi connectivity index (χ2v) is 5.89. The molecular formula is C20H20N2O7. The van der Waals surface area contributed by atoms with Crippen molar-refractivity contribution in [3.8, 4) is 0 Å². The van der Waals surface area contributed by atoms with Gasteiger partial charge in [-0.2, -0.15) is 0 Å². The Morgan fingerprint density at radius 1 is 0.931 bits per heavy atom. The lowest BCUT2D eigenvalue weighted by molar-refractivity contribution is -0.384. The fourth-order valence-corrected chi connectivity index (χ4v) is 2.49. The van der Waals surface area contributed by atoms with Crippen LogP contribution in [0.5, 0.6) is 0 Å². The molecule has 0 spiro atoms. The number of carbonyl (C=O) groups is 3. The Labute approximate surface area is 166 Å². The predicted octanol–water partition coefficient (Wildman–Crippen LogP) is 3.13. The molecular weight excluding hydrogens is 380 g/mol. The molecule has 0 radical (unpaired) electrons. The van der Waals surface area contributed by atoms with E-state index in [2.05, 4.69) is 5.32 Å². The summed E-state index contributed by atoms with van der Waals surface area (Å²) < 4.78 is 9.90. The van der Waals surface area contributed by atoms with Crippen molar-refractivity contribution in [2.45, 2.75) is 20.3 Å². The van der Waals surface area contributed by atoms with E-state index in [9.17, 15) is 24.5 Å². The van der Waals surface area contributed by atoms with E-state index in [-0.39, 0.29) is 42.1 Å². The minimum absolute atomic E-state index is 0.0453. The molecule has 0 aromatic heterocycles. The highest BCUT2D eigenvalue weighted by Crippen LogP contribution is 2.18. The van der Waals surface area contributed by atoms with Gasteiger partial charge in [0, 0.05) is 17.8 Å². The van der Waals surface area contributed by atoms with Gasteiger partial charge in [0.25, 0.3) is 5.69 Å². The van der Waals surface area contributed by atoms with Gasteiger partial charge in [-0.25, -0.2) is 9.59 Å². The predicted molar refractivity (Wildman–Crippen MR) is 104 cm³/mol. The Morgan fingerprint density at radius 3 is 1.90 bits per heavy atom. The number of esters is 2. The van der Waals surface area contributed by atoms with Crippen molar-refractivity contribution >= 4 is 29.2 Å². The van der Waals surface area contributed by atoms with Gasteiger partial charge < -0.3 is 14.8 Å². The molecule has 2 rings (SSSR count). The van der Waals surface area contributed by atoms with Crippen molar-refractivity contribution in [2.75, 3.05) is 18.5 Å². The van der Waals surface area contributed by atoms with E-state index in [0.29, 0.717) is 5.56 Å². The molecule has 0 saturated carbocycles.